The van der Waals surface area contributed by atoms with Crippen LogP contribution in [0.3, 0.4) is 0 Å². The first-order valence-electron chi connectivity index (χ1n) is 7.39. The fourth-order valence-corrected chi connectivity index (χ4v) is 2.57. The molecule has 0 saturated carbocycles. The molecule has 0 radical (unpaired) electrons. The van der Waals surface area contributed by atoms with Gasteiger partial charge in [0.15, 0.2) is 5.82 Å². The zero-order valence-corrected chi connectivity index (χ0v) is 12.2. The van der Waals surface area contributed by atoms with Gasteiger partial charge in [-0.2, -0.15) is 0 Å². The van der Waals surface area contributed by atoms with Crippen LogP contribution in [-0.4, -0.2) is 45.8 Å². The minimum atomic E-state index is 0.689. The first kappa shape index (κ1) is 13.3. The number of anilines is 1. The van der Waals surface area contributed by atoms with Crippen LogP contribution in [-0.2, 0) is 6.42 Å². The summed E-state index contributed by atoms with van der Waals surface area (Å²) in [7, 11) is 0. The molecule has 1 saturated heterocycles. The highest BCUT2D eigenvalue weighted by Gasteiger charge is 2.17. The molecule has 6 heteroatoms. The van der Waals surface area contributed by atoms with Crippen molar-refractivity contribution in [3.05, 3.63) is 18.2 Å². The highest BCUT2D eigenvalue weighted by Crippen LogP contribution is 2.19. The third-order valence-corrected chi connectivity index (χ3v) is 3.79. The van der Waals surface area contributed by atoms with Gasteiger partial charge in [-0.25, -0.2) is 4.98 Å². The van der Waals surface area contributed by atoms with Gasteiger partial charge < -0.3 is 10.2 Å². The Morgan fingerprint density at radius 3 is 2.85 bits per heavy atom. The molecule has 0 atom stereocenters. The SMILES string of the molecule is CC(C)CCc1cnc(N2CCNCC2)c2nncn12. The summed E-state index contributed by atoms with van der Waals surface area (Å²) >= 11 is 0. The van der Waals surface area contributed by atoms with Crippen molar-refractivity contribution >= 4 is 11.5 Å². The number of nitrogens with one attached hydrogen (secondary N) is 1. The van der Waals surface area contributed by atoms with E-state index in [9.17, 15) is 0 Å². The Labute approximate surface area is 119 Å². The van der Waals surface area contributed by atoms with Crippen molar-refractivity contribution in [2.24, 2.45) is 5.92 Å². The van der Waals surface area contributed by atoms with E-state index < -0.39 is 0 Å². The third kappa shape index (κ3) is 2.60. The molecular formula is C14H22N6. The highest BCUT2D eigenvalue weighted by molar-refractivity contribution is 5.64. The van der Waals surface area contributed by atoms with Crippen molar-refractivity contribution in [3.63, 3.8) is 0 Å². The number of piperazine rings is 1. The second kappa shape index (κ2) is 5.75. The Bertz CT molecular complexity index is 570. The molecule has 0 unspecified atom stereocenters. The summed E-state index contributed by atoms with van der Waals surface area (Å²) in [6.07, 6.45) is 5.96. The van der Waals surface area contributed by atoms with Gasteiger partial charge in [-0.1, -0.05) is 13.8 Å². The Balaban J connectivity index is 1.91. The van der Waals surface area contributed by atoms with Crippen LogP contribution in [0.15, 0.2) is 12.5 Å². The smallest absolute Gasteiger partial charge is 0.203 e. The Morgan fingerprint density at radius 1 is 1.30 bits per heavy atom. The first-order chi connectivity index (χ1) is 9.75. The van der Waals surface area contributed by atoms with E-state index in [2.05, 4.69) is 43.6 Å². The fourth-order valence-electron chi connectivity index (χ4n) is 2.57. The maximum absolute atomic E-state index is 4.66. The molecule has 1 N–H and O–H groups in total. The largest absolute Gasteiger partial charge is 0.351 e. The molecule has 0 spiro atoms. The fraction of sp³-hybridized carbons (Fsp3) is 0.643. The van der Waals surface area contributed by atoms with Gasteiger partial charge >= 0.3 is 0 Å². The normalized spacial score (nSPS) is 16.2. The lowest BCUT2D eigenvalue weighted by Crippen LogP contribution is -2.44. The molecule has 1 aliphatic rings. The summed E-state index contributed by atoms with van der Waals surface area (Å²) in [6, 6.07) is 0. The standard InChI is InChI=1S/C14H22N6/c1-11(2)3-4-12-9-16-13(14-18-17-10-20(12)14)19-7-5-15-6-8-19/h9-11,15H,3-8H2,1-2H3. The first-order valence-corrected chi connectivity index (χ1v) is 7.39. The van der Waals surface area contributed by atoms with Crippen LogP contribution >= 0.6 is 0 Å². The number of nitrogens with zero attached hydrogens (tertiary/aromatic N) is 5. The summed E-state index contributed by atoms with van der Waals surface area (Å²) in [6.45, 7) is 8.42. The monoisotopic (exact) mass is 274 g/mol. The molecule has 0 bridgehead atoms. The van der Waals surface area contributed by atoms with Crippen molar-refractivity contribution < 1.29 is 0 Å². The van der Waals surface area contributed by atoms with Gasteiger partial charge in [-0.15, -0.1) is 10.2 Å². The molecule has 108 valence electrons. The molecule has 3 rings (SSSR count). The van der Waals surface area contributed by atoms with Crippen molar-refractivity contribution in [1.29, 1.82) is 0 Å². The zero-order chi connectivity index (χ0) is 13.9. The molecule has 2 aromatic rings. The maximum atomic E-state index is 4.66. The summed E-state index contributed by atoms with van der Waals surface area (Å²) in [5.74, 6) is 1.65. The molecular weight excluding hydrogens is 252 g/mol. The maximum Gasteiger partial charge on any atom is 0.203 e. The number of aryl methyl sites for hydroxylation is 1. The van der Waals surface area contributed by atoms with Crippen molar-refractivity contribution in [1.82, 2.24) is 24.9 Å². The van der Waals surface area contributed by atoms with Crippen LogP contribution in [0.5, 0.6) is 0 Å². The lowest BCUT2D eigenvalue weighted by molar-refractivity contribution is 0.574. The van der Waals surface area contributed by atoms with Gasteiger partial charge in [0.1, 0.15) is 6.33 Å². The average molecular weight is 274 g/mol. The van der Waals surface area contributed by atoms with E-state index in [0.717, 1.165) is 50.5 Å². The van der Waals surface area contributed by atoms with Crippen LogP contribution in [0.4, 0.5) is 5.82 Å². The quantitative estimate of drug-likeness (QED) is 0.905. The summed E-state index contributed by atoms with van der Waals surface area (Å²) in [5, 5.41) is 11.7. The van der Waals surface area contributed by atoms with E-state index in [1.165, 1.54) is 5.69 Å². The van der Waals surface area contributed by atoms with E-state index >= 15 is 0 Å². The number of aromatic nitrogens is 4. The van der Waals surface area contributed by atoms with E-state index in [1.54, 1.807) is 6.33 Å². The van der Waals surface area contributed by atoms with Crippen LogP contribution < -0.4 is 10.2 Å². The van der Waals surface area contributed by atoms with Crippen molar-refractivity contribution in [2.75, 3.05) is 31.1 Å². The third-order valence-electron chi connectivity index (χ3n) is 3.79. The summed E-state index contributed by atoms with van der Waals surface area (Å²) < 4.78 is 2.09. The Hall–Kier alpha value is -1.69. The van der Waals surface area contributed by atoms with E-state index in [4.69, 9.17) is 0 Å². The predicted molar refractivity (Wildman–Crippen MR) is 79.0 cm³/mol. The van der Waals surface area contributed by atoms with Crippen molar-refractivity contribution in [2.45, 2.75) is 26.7 Å². The van der Waals surface area contributed by atoms with Gasteiger partial charge in [-0.3, -0.25) is 4.40 Å². The van der Waals surface area contributed by atoms with Crippen LogP contribution in [0.2, 0.25) is 0 Å². The van der Waals surface area contributed by atoms with E-state index in [0.29, 0.717) is 5.92 Å². The second-order valence-electron chi connectivity index (χ2n) is 5.77. The molecule has 0 amide bonds. The highest BCUT2D eigenvalue weighted by atomic mass is 15.3. The minimum absolute atomic E-state index is 0.689. The van der Waals surface area contributed by atoms with Crippen LogP contribution in [0.1, 0.15) is 26.0 Å². The van der Waals surface area contributed by atoms with Gasteiger partial charge in [0.05, 0.1) is 0 Å². The summed E-state index contributed by atoms with van der Waals surface area (Å²) in [5.41, 5.74) is 2.07. The Morgan fingerprint density at radius 2 is 2.10 bits per heavy atom. The number of hydrogen-bond acceptors (Lipinski definition) is 5. The van der Waals surface area contributed by atoms with Gasteiger partial charge in [0.25, 0.3) is 0 Å². The zero-order valence-electron chi connectivity index (χ0n) is 12.2. The van der Waals surface area contributed by atoms with Crippen LogP contribution in [0, 0.1) is 5.92 Å². The van der Waals surface area contributed by atoms with Gasteiger partial charge in [0, 0.05) is 38.1 Å². The summed E-state index contributed by atoms with van der Waals surface area (Å²) in [4.78, 5) is 6.94. The number of fused-ring (bicyclic) bond motifs is 1. The van der Waals surface area contributed by atoms with Gasteiger partial charge in [-0.05, 0) is 18.8 Å². The molecule has 3 heterocycles. The van der Waals surface area contributed by atoms with E-state index in [-0.39, 0.29) is 0 Å². The molecule has 0 aliphatic carbocycles. The molecule has 1 aliphatic heterocycles. The Kier molecular flexibility index (Phi) is 3.82. The minimum Gasteiger partial charge on any atom is -0.351 e. The lowest BCUT2D eigenvalue weighted by atomic mass is 10.1. The molecule has 6 nitrogen and oxygen atoms in total. The second-order valence-corrected chi connectivity index (χ2v) is 5.77. The van der Waals surface area contributed by atoms with E-state index in [1.807, 2.05) is 6.20 Å². The van der Waals surface area contributed by atoms with Gasteiger partial charge in [0.2, 0.25) is 5.65 Å². The van der Waals surface area contributed by atoms with Crippen molar-refractivity contribution in [3.8, 4) is 0 Å². The van der Waals surface area contributed by atoms with Crippen LogP contribution in [0.25, 0.3) is 5.65 Å². The molecule has 0 aromatic carbocycles. The molecule has 1 fully saturated rings. The molecule has 20 heavy (non-hydrogen) atoms. The lowest BCUT2D eigenvalue weighted by Gasteiger charge is -2.28. The predicted octanol–water partition coefficient (Wildman–Crippen LogP) is 1.12. The number of rotatable bonds is 4. The molecule has 2 aromatic heterocycles. The topological polar surface area (TPSA) is 58.4 Å². The number of hydrogen-bond donors (Lipinski definition) is 1. The average Bonchev–Trinajstić information content (AvgIpc) is 2.95.